The first-order valence-corrected chi connectivity index (χ1v) is 13.4. The molecular formula is C26H21Cl3N10O3. The molecule has 5 aromatic rings. The highest BCUT2D eigenvalue weighted by atomic mass is 35.5. The van der Waals surface area contributed by atoms with Crippen LogP contribution in [0.3, 0.4) is 0 Å². The molecule has 3 aromatic heterocycles. The van der Waals surface area contributed by atoms with Gasteiger partial charge in [-0.3, -0.25) is 15.2 Å². The highest BCUT2D eigenvalue weighted by Crippen LogP contribution is 2.30. The van der Waals surface area contributed by atoms with Gasteiger partial charge in [0.25, 0.3) is 0 Å². The lowest BCUT2D eigenvalue weighted by Gasteiger charge is -2.15. The zero-order chi connectivity index (χ0) is 29.8. The Morgan fingerprint density at radius 1 is 1.14 bits per heavy atom. The second kappa shape index (κ2) is 12.4. The molecule has 16 heteroatoms. The van der Waals surface area contributed by atoms with Crippen LogP contribution in [0.25, 0.3) is 23.0 Å². The Bertz CT molecular complexity index is 1760. The number of carboxylic acid groups (broad SMARTS) is 1. The topological polar surface area (TPSA) is 179 Å². The number of aryl methyl sites for hydroxylation is 1. The quantitative estimate of drug-likeness (QED) is 0.138. The maximum atomic E-state index is 13.2. The van der Waals surface area contributed by atoms with Crippen molar-refractivity contribution in [3.8, 4) is 16.9 Å². The van der Waals surface area contributed by atoms with E-state index in [1.54, 1.807) is 55.5 Å². The lowest BCUT2D eigenvalue weighted by Crippen LogP contribution is -2.29. The molecule has 214 valence electrons. The van der Waals surface area contributed by atoms with Crippen LogP contribution in [0.4, 0.5) is 10.5 Å². The monoisotopic (exact) mass is 626 g/mol. The van der Waals surface area contributed by atoms with Crippen molar-refractivity contribution in [2.75, 3.05) is 5.32 Å². The van der Waals surface area contributed by atoms with Gasteiger partial charge in [0.15, 0.2) is 0 Å². The lowest BCUT2D eigenvalue weighted by atomic mass is 10.1. The van der Waals surface area contributed by atoms with Crippen LogP contribution in [0.5, 0.6) is 0 Å². The fourth-order valence-corrected chi connectivity index (χ4v) is 4.69. The van der Waals surface area contributed by atoms with Crippen LogP contribution in [-0.4, -0.2) is 57.5 Å². The second-order valence-electron chi connectivity index (χ2n) is 8.96. The van der Waals surface area contributed by atoms with Crippen molar-refractivity contribution in [3.63, 3.8) is 0 Å². The molecule has 0 spiro atoms. The van der Waals surface area contributed by atoms with Crippen molar-refractivity contribution in [1.29, 1.82) is 0 Å². The number of carbonyl (C=O) groups is 2. The standard InChI is InChI=1S/C26H21Cl3N10O3/c1-13-22(28)18(36-35-13)11-19(25-33-23(24(29)34-25)14-2-6-17(7-3-14)31-26(41)42)32-21(40)9-4-15-10-16(27)5-8-20(15)39-12-30-37-38-39/h2-10,12,19,31H,11H2,1H3,(H,32,40)(H,33,34)(H,35,36)(H,41,42)/b9-4+. The summed E-state index contributed by atoms with van der Waals surface area (Å²) >= 11 is 19.1. The van der Waals surface area contributed by atoms with Crippen LogP contribution in [0.15, 0.2) is 54.9 Å². The van der Waals surface area contributed by atoms with Gasteiger partial charge in [-0.05, 0) is 53.8 Å². The van der Waals surface area contributed by atoms with E-state index >= 15 is 0 Å². The molecule has 5 rings (SSSR count). The highest BCUT2D eigenvalue weighted by Gasteiger charge is 2.23. The molecular weight excluding hydrogens is 607 g/mol. The van der Waals surface area contributed by atoms with E-state index in [0.717, 1.165) is 0 Å². The summed E-state index contributed by atoms with van der Waals surface area (Å²) in [6, 6.07) is 10.9. The summed E-state index contributed by atoms with van der Waals surface area (Å²) < 4.78 is 1.45. The molecule has 0 fully saturated rings. The van der Waals surface area contributed by atoms with Gasteiger partial charge in [0.05, 0.1) is 28.1 Å². The maximum Gasteiger partial charge on any atom is 0.409 e. The van der Waals surface area contributed by atoms with E-state index in [2.05, 4.69) is 46.3 Å². The van der Waals surface area contributed by atoms with Crippen LogP contribution < -0.4 is 10.6 Å². The van der Waals surface area contributed by atoms with E-state index in [0.29, 0.717) is 55.5 Å². The molecule has 0 saturated carbocycles. The minimum Gasteiger partial charge on any atom is -0.465 e. The summed E-state index contributed by atoms with van der Waals surface area (Å²) in [4.78, 5) is 31.8. The van der Waals surface area contributed by atoms with Crippen molar-refractivity contribution in [1.82, 2.24) is 45.7 Å². The third-order valence-electron chi connectivity index (χ3n) is 6.07. The second-order valence-corrected chi connectivity index (χ2v) is 10.1. The average Bonchev–Trinajstić information content (AvgIpc) is 3.70. The average molecular weight is 628 g/mol. The molecule has 0 aliphatic carbocycles. The molecule has 13 nitrogen and oxygen atoms in total. The number of benzene rings is 2. The minimum absolute atomic E-state index is 0.195. The Morgan fingerprint density at radius 3 is 2.60 bits per heavy atom. The first-order chi connectivity index (χ1) is 20.2. The van der Waals surface area contributed by atoms with Crippen molar-refractivity contribution in [2.45, 2.75) is 19.4 Å². The van der Waals surface area contributed by atoms with E-state index in [1.165, 1.54) is 17.1 Å². The molecule has 42 heavy (non-hydrogen) atoms. The van der Waals surface area contributed by atoms with Gasteiger partial charge < -0.3 is 15.4 Å². The number of hydrogen-bond donors (Lipinski definition) is 5. The van der Waals surface area contributed by atoms with Crippen molar-refractivity contribution < 1.29 is 14.7 Å². The van der Waals surface area contributed by atoms with Crippen LogP contribution >= 0.6 is 34.8 Å². The Morgan fingerprint density at radius 2 is 1.93 bits per heavy atom. The normalized spacial score (nSPS) is 12.0. The molecule has 2 aromatic carbocycles. The van der Waals surface area contributed by atoms with Crippen LogP contribution in [0, 0.1) is 6.92 Å². The van der Waals surface area contributed by atoms with Crippen molar-refractivity contribution in [3.05, 3.63) is 92.8 Å². The van der Waals surface area contributed by atoms with Gasteiger partial charge in [-0.1, -0.05) is 46.9 Å². The predicted octanol–water partition coefficient (Wildman–Crippen LogP) is 5.25. The first kappa shape index (κ1) is 28.8. The number of aromatic nitrogens is 8. The molecule has 0 aliphatic heterocycles. The largest absolute Gasteiger partial charge is 0.465 e. The molecule has 3 heterocycles. The van der Waals surface area contributed by atoms with Crippen LogP contribution in [0.1, 0.15) is 28.8 Å². The van der Waals surface area contributed by atoms with E-state index in [-0.39, 0.29) is 11.6 Å². The van der Waals surface area contributed by atoms with E-state index in [1.807, 2.05) is 0 Å². The zero-order valence-electron chi connectivity index (χ0n) is 21.6. The first-order valence-electron chi connectivity index (χ1n) is 12.2. The molecule has 1 atom stereocenters. The predicted molar refractivity (Wildman–Crippen MR) is 157 cm³/mol. The van der Waals surface area contributed by atoms with Gasteiger partial charge in [-0.2, -0.15) is 9.78 Å². The minimum atomic E-state index is -1.18. The van der Waals surface area contributed by atoms with Crippen LogP contribution in [0.2, 0.25) is 15.2 Å². The number of imidazole rings is 1. The van der Waals surface area contributed by atoms with Gasteiger partial charge >= 0.3 is 6.09 Å². The summed E-state index contributed by atoms with van der Waals surface area (Å²) in [5, 5.41) is 33.6. The van der Waals surface area contributed by atoms with E-state index < -0.39 is 18.0 Å². The Balaban J connectivity index is 1.42. The summed E-state index contributed by atoms with van der Waals surface area (Å²) in [5.41, 5.74) is 3.87. The molecule has 0 aliphatic rings. The molecule has 0 radical (unpaired) electrons. The number of tetrazole rings is 1. The fraction of sp³-hybridized carbons (Fsp3) is 0.115. The van der Waals surface area contributed by atoms with Crippen LogP contribution in [-0.2, 0) is 11.2 Å². The van der Waals surface area contributed by atoms with Crippen molar-refractivity contribution >= 4 is 58.6 Å². The summed E-state index contributed by atoms with van der Waals surface area (Å²) in [7, 11) is 0. The number of aromatic amines is 2. The Kier molecular flexibility index (Phi) is 8.52. The lowest BCUT2D eigenvalue weighted by molar-refractivity contribution is -0.117. The van der Waals surface area contributed by atoms with Gasteiger partial charge in [0.2, 0.25) is 5.91 Å². The summed E-state index contributed by atoms with van der Waals surface area (Å²) in [5.74, 6) is -0.0810. The van der Waals surface area contributed by atoms with Gasteiger partial charge in [0, 0.05) is 34.3 Å². The summed E-state index contributed by atoms with van der Waals surface area (Å²) in [6.45, 7) is 1.78. The number of anilines is 1. The van der Waals surface area contributed by atoms with E-state index in [9.17, 15) is 9.59 Å². The molecule has 0 saturated heterocycles. The fourth-order valence-electron chi connectivity index (χ4n) is 4.10. The molecule has 5 N–H and O–H groups in total. The molecule has 1 unspecified atom stereocenters. The summed E-state index contributed by atoms with van der Waals surface area (Å²) in [6.07, 6.45) is 3.39. The van der Waals surface area contributed by atoms with Gasteiger partial charge in [-0.15, -0.1) is 5.10 Å². The third-order valence-corrected chi connectivity index (χ3v) is 7.08. The number of halogens is 3. The third kappa shape index (κ3) is 6.60. The number of rotatable bonds is 9. The Labute approximate surface area is 252 Å². The number of nitrogens with zero attached hydrogens (tertiary/aromatic N) is 6. The van der Waals surface area contributed by atoms with E-state index in [4.69, 9.17) is 39.9 Å². The highest BCUT2D eigenvalue weighted by molar-refractivity contribution is 6.32. The molecule has 2 amide bonds. The Hall–Kier alpha value is -4.72. The maximum absolute atomic E-state index is 13.2. The number of amides is 2. The number of nitrogens with one attached hydrogen (secondary N) is 4. The van der Waals surface area contributed by atoms with Crippen molar-refractivity contribution in [2.24, 2.45) is 0 Å². The zero-order valence-corrected chi connectivity index (χ0v) is 23.9. The van der Waals surface area contributed by atoms with Gasteiger partial charge in [-0.25, -0.2) is 9.78 Å². The van der Waals surface area contributed by atoms with Gasteiger partial charge in [0.1, 0.15) is 23.0 Å². The number of H-pyrrole nitrogens is 2. The number of hydrogen-bond acceptors (Lipinski definition) is 7. The number of carbonyl (C=O) groups excluding carboxylic acids is 1. The SMILES string of the molecule is Cc1[nH]nc(CC(NC(=O)/C=C/c2cc(Cl)ccc2-n2cnnn2)c2nc(-c3ccc(NC(=O)O)cc3)c(Cl)[nH]2)c1Cl. The smallest absolute Gasteiger partial charge is 0.409 e. The molecule has 0 bridgehead atoms.